The predicted molar refractivity (Wildman–Crippen MR) is 132 cm³/mol. The molecule has 2 heterocycles. The first kappa shape index (κ1) is 20.8. The standard InChI is InChI=1S/C25H26N6O2/c1-3-31-19-9-5-4-7-16(19)17-13-15(11-12-20(17)31)28-24(32)23-14(2)22-18(29-30-25(26)27)8-6-10-21(22)33-23/h4-5,7,9,11-13H,3,6,8,10H2,1-2H3,(H,28,32)(H4,26,27,30)/b29-18+. The zero-order valence-electron chi connectivity index (χ0n) is 18.7. The van der Waals surface area contributed by atoms with E-state index in [9.17, 15) is 4.79 Å². The molecule has 1 aliphatic rings. The zero-order valence-corrected chi connectivity index (χ0v) is 18.7. The number of para-hydroxylation sites is 1. The van der Waals surface area contributed by atoms with Gasteiger partial charge in [-0.2, -0.15) is 5.10 Å². The molecule has 1 aliphatic carbocycles. The second kappa shape index (κ2) is 8.12. The van der Waals surface area contributed by atoms with Gasteiger partial charge in [0.05, 0.1) is 5.71 Å². The molecule has 0 aliphatic heterocycles. The Hall–Kier alpha value is -4.07. The van der Waals surface area contributed by atoms with Gasteiger partial charge < -0.3 is 25.8 Å². The maximum absolute atomic E-state index is 13.2. The Morgan fingerprint density at radius 1 is 1.12 bits per heavy atom. The number of fused-ring (bicyclic) bond motifs is 4. The summed E-state index contributed by atoms with van der Waals surface area (Å²) in [4.78, 5) is 13.2. The fraction of sp³-hybridized carbons (Fsp3) is 0.240. The lowest BCUT2D eigenvalue weighted by atomic mass is 9.93. The van der Waals surface area contributed by atoms with Crippen LogP contribution in [-0.4, -0.2) is 22.1 Å². The van der Waals surface area contributed by atoms with Crippen LogP contribution >= 0.6 is 0 Å². The summed E-state index contributed by atoms with van der Waals surface area (Å²) in [7, 11) is 0. The van der Waals surface area contributed by atoms with Crippen LogP contribution in [0, 0.1) is 6.92 Å². The van der Waals surface area contributed by atoms with Crippen molar-refractivity contribution < 1.29 is 9.21 Å². The van der Waals surface area contributed by atoms with E-state index in [0.717, 1.165) is 70.4 Å². The van der Waals surface area contributed by atoms with E-state index in [1.165, 1.54) is 5.52 Å². The van der Waals surface area contributed by atoms with E-state index in [1.54, 1.807) is 0 Å². The number of furan rings is 1. The Labute approximate surface area is 190 Å². The van der Waals surface area contributed by atoms with Crippen molar-refractivity contribution in [3.63, 3.8) is 0 Å². The number of aromatic nitrogens is 1. The predicted octanol–water partition coefficient (Wildman–Crippen LogP) is 4.28. The SMILES string of the molecule is CCn1c2ccccc2c2cc(NC(=O)c3oc4c(c3C)/C(=N/N=C(N)N)CCC4)ccc21. The summed E-state index contributed by atoms with van der Waals surface area (Å²) in [5.74, 6) is 0.639. The third-order valence-electron chi connectivity index (χ3n) is 6.16. The summed E-state index contributed by atoms with van der Waals surface area (Å²) < 4.78 is 8.26. The Balaban J connectivity index is 1.50. The molecular formula is C25H26N6O2. The molecule has 168 valence electrons. The molecule has 8 heteroatoms. The maximum Gasteiger partial charge on any atom is 0.291 e. The Kier molecular flexibility index (Phi) is 5.12. The second-order valence-electron chi connectivity index (χ2n) is 8.23. The molecule has 1 amide bonds. The number of anilines is 1. The van der Waals surface area contributed by atoms with E-state index < -0.39 is 0 Å². The molecule has 33 heavy (non-hydrogen) atoms. The fourth-order valence-corrected chi connectivity index (χ4v) is 4.76. The minimum atomic E-state index is -0.290. The number of hydrogen-bond donors (Lipinski definition) is 3. The van der Waals surface area contributed by atoms with Crippen molar-refractivity contribution >= 4 is 45.1 Å². The molecule has 8 nitrogen and oxygen atoms in total. The van der Waals surface area contributed by atoms with Crippen molar-refractivity contribution in [2.45, 2.75) is 39.7 Å². The van der Waals surface area contributed by atoms with E-state index in [1.807, 2.05) is 31.2 Å². The average molecular weight is 443 g/mol. The lowest BCUT2D eigenvalue weighted by Crippen LogP contribution is -2.22. The molecular weight excluding hydrogens is 416 g/mol. The van der Waals surface area contributed by atoms with Gasteiger partial charge >= 0.3 is 0 Å². The normalized spacial score (nSPS) is 14.5. The smallest absolute Gasteiger partial charge is 0.291 e. The average Bonchev–Trinajstić information content (AvgIpc) is 3.32. The van der Waals surface area contributed by atoms with Gasteiger partial charge in [0.2, 0.25) is 5.96 Å². The van der Waals surface area contributed by atoms with Gasteiger partial charge in [-0.15, -0.1) is 5.10 Å². The molecule has 4 aromatic rings. The van der Waals surface area contributed by atoms with Crippen molar-refractivity contribution in [1.29, 1.82) is 0 Å². The van der Waals surface area contributed by atoms with E-state index in [2.05, 4.69) is 45.2 Å². The van der Waals surface area contributed by atoms with Gasteiger partial charge in [-0.3, -0.25) is 4.79 Å². The summed E-state index contributed by atoms with van der Waals surface area (Å²) >= 11 is 0. The quantitative estimate of drug-likeness (QED) is 0.248. The fourth-order valence-electron chi connectivity index (χ4n) is 4.76. The lowest BCUT2D eigenvalue weighted by Gasteiger charge is -2.11. The van der Waals surface area contributed by atoms with Crippen LogP contribution in [-0.2, 0) is 13.0 Å². The summed E-state index contributed by atoms with van der Waals surface area (Å²) in [5.41, 5.74) is 16.2. The molecule has 2 aromatic carbocycles. The summed E-state index contributed by atoms with van der Waals surface area (Å²) in [5, 5.41) is 13.2. The van der Waals surface area contributed by atoms with Gasteiger partial charge in [0.1, 0.15) is 5.76 Å². The van der Waals surface area contributed by atoms with E-state index in [0.29, 0.717) is 0 Å². The summed E-state index contributed by atoms with van der Waals surface area (Å²) in [6, 6.07) is 14.3. The molecule has 0 saturated carbocycles. The first-order valence-electron chi connectivity index (χ1n) is 11.1. The molecule has 0 bridgehead atoms. The second-order valence-corrected chi connectivity index (χ2v) is 8.23. The van der Waals surface area contributed by atoms with E-state index in [4.69, 9.17) is 15.9 Å². The van der Waals surface area contributed by atoms with Crippen molar-refractivity contribution in [1.82, 2.24) is 4.57 Å². The minimum absolute atomic E-state index is 0.103. The van der Waals surface area contributed by atoms with Gasteiger partial charge in [-0.25, -0.2) is 0 Å². The number of nitrogens with two attached hydrogens (primary N) is 2. The van der Waals surface area contributed by atoms with E-state index in [-0.39, 0.29) is 17.6 Å². The highest BCUT2D eigenvalue weighted by molar-refractivity contribution is 6.12. The molecule has 0 spiro atoms. The molecule has 5 rings (SSSR count). The molecule has 0 atom stereocenters. The van der Waals surface area contributed by atoms with Crippen LogP contribution in [0.1, 0.15) is 47.2 Å². The molecule has 0 radical (unpaired) electrons. The maximum atomic E-state index is 13.2. The Morgan fingerprint density at radius 3 is 2.70 bits per heavy atom. The van der Waals surface area contributed by atoms with Crippen molar-refractivity contribution in [2.75, 3.05) is 5.32 Å². The van der Waals surface area contributed by atoms with Gasteiger partial charge in [0.15, 0.2) is 5.76 Å². The van der Waals surface area contributed by atoms with E-state index >= 15 is 0 Å². The molecule has 2 aromatic heterocycles. The van der Waals surface area contributed by atoms with Crippen LogP contribution in [0.2, 0.25) is 0 Å². The largest absolute Gasteiger partial charge is 0.455 e. The molecule has 5 N–H and O–H groups in total. The number of amides is 1. The third-order valence-corrected chi connectivity index (χ3v) is 6.16. The number of rotatable bonds is 4. The van der Waals surface area contributed by atoms with Gasteiger partial charge in [0.25, 0.3) is 5.91 Å². The molecule has 0 unspecified atom stereocenters. The van der Waals surface area contributed by atoms with Crippen LogP contribution in [0.4, 0.5) is 5.69 Å². The zero-order chi connectivity index (χ0) is 23.1. The topological polar surface area (TPSA) is 124 Å². The van der Waals surface area contributed by atoms with Crippen LogP contribution in [0.15, 0.2) is 57.1 Å². The number of guanidine groups is 1. The van der Waals surface area contributed by atoms with Crippen LogP contribution in [0.25, 0.3) is 21.8 Å². The summed E-state index contributed by atoms with van der Waals surface area (Å²) in [6.07, 6.45) is 2.33. The number of hydrogen-bond acceptors (Lipinski definition) is 4. The number of carbonyl (C=O) groups is 1. The minimum Gasteiger partial charge on any atom is -0.455 e. The van der Waals surface area contributed by atoms with Gasteiger partial charge in [0, 0.05) is 51.6 Å². The lowest BCUT2D eigenvalue weighted by molar-refractivity contribution is 0.0994. The van der Waals surface area contributed by atoms with Crippen molar-refractivity contribution in [2.24, 2.45) is 21.7 Å². The highest BCUT2D eigenvalue weighted by Gasteiger charge is 2.28. The summed E-state index contributed by atoms with van der Waals surface area (Å²) in [6.45, 7) is 4.87. The number of carbonyl (C=O) groups excluding carboxylic acids is 1. The molecule has 0 saturated heterocycles. The Morgan fingerprint density at radius 2 is 1.91 bits per heavy atom. The monoisotopic (exact) mass is 442 g/mol. The highest BCUT2D eigenvalue weighted by Crippen LogP contribution is 2.33. The number of benzene rings is 2. The first-order valence-corrected chi connectivity index (χ1v) is 11.1. The highest BCUT2D eigenvalue weighted by atomic mass is 16.4. The van der Waals surface area contributed by atoms with Gasteiger partial charge in [-0.1, -0.05) is 18.2 Å². The Bertz CT molecular complexity index is 1450. The van der Waals surface area contributed by atoms with Crippen LogP contribution in [0.5, 0.6) is 0 Å². The van der Waals surface area contributed by atoms with Crippen molar-refractivity contribution in [3.8, 4) is 0 Å². The van der Waals surface area contributed by atoms with Crippen molar-refractivity contribution in [3.05, 3.63) is 65.1 Å². The first-order chi connectivity index (χ1) is 16.0. The van der Waals surface area contributed by atoms with Gasteiger partial charge in [-0.05, 0) is 51.0 Å². The number of aryl methyl sites for hydroxylation is 2. The van der Waals surface area contributed by atoms with Crippen LogP contribution in [0.3, 0.4) is 0 Å². The molecule has 0 fully saturated rings. The number of nitrogens with one attached hydrogen (secondary N) is 1. The third kappa shape index (κ3) is 3.53. The van der Waals surface area contributed by atoms with Crippen LogP contribution < -0.4 is 16.8 Å². The number of nitrogens with zero attached hydrogens (tertiary/aromatic N) is 3.